The summed E-state index contributed by atoms with van der Waals surface area (Å²) >= 11 is 3.21. The molecule has 122 valence electrons. The predicted molar refractivity (Wildman–Crippen MR) is 91.3 cm³/mol. The summed E-state index contributed by atoms with van der Waals surface area (Å²) in [5, 5.41) is 8.94. The molecule has 24 heavy (non-hydrogen) atoms. The van der Waals surface area contributed by atoms with Gasteiger partial charge in [-0.3, -0.25) is 4.79 Å². The van der Waals surface area contributed by atoms with E-state index >= 15 is 0 Å². The molecular weight excluding hydrogens is 375 g/mol. The molecule has 1 amide bonds. The highest BCUT2D eigenvalue weighted by Crippen LogP contribution is 2.28. The average molecular weight is 389 g/mol. The molecule has 1 unspecified atom stereocenters. The maximum atomic E-state index is 14.2. The third-order valence-corrected chi connectivity index (χ3v) is 4.32. The number of hydrogen-bond acceptors (Lipinski definition) is 3. The summed E-state index contributed by atoms with van der Waals surface area (Å²) in [4.78, 5) is 14.1. The molecule has 2 aromatic rings. The summed E-state index contributed by atoms with van der Waals surface area (Å²) in [6.07, 6.45) is 0.587. The van der Waals surface area contributed by atoms with Gasteiger partial charge in [0.15, 0.2) is 6.10 Å². The van der Waals surface area contributed by atoms with Crippen molar-refractivity contribution < 1.29 is 13.9 Å². The van der Waals surface area contributed by atoms with Crippen molar-refractivity contribution in [3.05, 3.63) is 58.3 Å². The molecule has 0 bridgehead atoms. The van der Waals surface area contributed by atoms with Crippen LogP contribution in [-0.4, -0.2) is 18.6 Å². The first kappa shape index (κ1) is 16.5. The second kappa shape index (κ2) is 7.02. The van der Waals surface area contributed by atoms with E-state index in [2.05, 4.69) is 15.9 Å². The molecular formula is C18H14BrFN2O2. The fourth-order valence-corrected chi connectivity index (χ4v) is 3.03. The van der Waals surface area contributed by atoms with E-state index in [1.807, 2.05) is 6.07 Å². The normalized spacial score (nSPS) is 17.5. The van der Waals surface area contributed by atoms with E-state index in [1.165, 1.54) is 11.0 Å². The number of carbonyl (C=O) groups is 1. The lowest BCUT2D eigenvalue weighted by molar-refractivity contribution is -0.127. The molecule has 1 atom stereocenters. The van der Waals surface area contributed by atoms with Gasteiger partial charge in [-0.1, -0.05) is 22.0 Å². The number of ether oxygens (including phenoxy) is 1. The predicted octanol–water partition coefficient (Wildman–Crippen LogP) is 4.03. The van der Waals surface area contributed by atoms with Crippen molar-refractivity contribution in [2.24, 2.45) is 0 Å². The van der Waals surface area contributed by atoms with E-state index < -0.39 is 11.9 Å². The summed E-state index contributed by atoms with van der Waals surface area (Å²) in [5.41, 5.74) is 0.717. The highest BCUT2D eigenvalue weighted by atomic mass is 79.9. The number of anilines is 1. The molecule has 1 aliphatic heterocycles. The molecule has 0 radical (unpaired) electrons. The number of carbonyl (C=O) groups excluding carboxylic acids is 1. The summed E-state index contributed by atoms with van der Waals surface area (Å²) in [6, 6.07) is 13.3. The van der Waals surface area contributed by atoms with Crippen LogP contribution in [0.5, 0.6) is 5.75 Å². The van der Waals surface area contributed by atoms with Crippen molar-refractivity contribution in [2.75, 3.05) is 11.4 Å². The van der Waals surface area contributed by atoms with E-state index in [-0.39, 0.29) is 11.6 Å². The Hall–Kier alpha value is -2.39. The van der Waals surface area contributed by atoms with Crippen molar-refractivity contribution in [3.8, 4) is 11.8 Å². The minimum atomic E-state index is -0.685. The Balaban J connectivity index is 1.81. The van der Waals surface area contributed by atoms with Crippen molar-refractivity contribution in [3.63, 3.8) is 0 Å². The minimum Gasteiger partial charge on any atom is -0.481 e. The molecule has 4 nitrogen and oxygen atoms in total. The number of amides is 1. The van der Waals surface area contributed by atoms with Crippen LogP contribution >= 0.6 is 15.9 Å². The van der Waals surface area contributed by atoms with Gasteiger partial charge in [-0.25, -0.2) is 4.39 Å². The van der Waals surface area contributed by atoms with E-state index in [1.54, 1.807) is 36.4 Å². The van der Waals surface area contributed by atoms with E-state index in [9.17, 15) is 9.18 Å². The van der Waals surface area contributed by atoms with Gasteiger partial charge in [-0.15, -0.1) is 0 Å². The molecule has 1 heterocycles. The zero-order chi connectivity index (χ0) is 17.1. The Morgan fingerprint density at radius 3 is 2.88 bits per heavy atom. The van der Waals surface area contributed by atoms with Crippen molar-refractivity contribution >= 4 is 27.5 Å². The second-order valence-electron chi connectivity index (χ2n) is 5.47. The lowest BCUT2D eigenvalue weighted by Gasteiger charge is -2.32. The topological polar surface area (TPSA) is 53.3 Å². The largest absolute Gasteiger partial charge is 0.481 e. The monoisotopic (exact) mass is 388 g/mol. The average Bonchev–Trinajstić information content (AvgIpc) is 2.58. The third-order valence-electron chi connectivity index (χ3n) is 3.83. The Kier molecular flexibility index (Phi) is 4.81. The van der Waals surface area contributed by atoms with Gasteiger partial charge < -0.3 is 9.64 Å². The molecule has 6 heteroatoms. The quantitative estimate of drug-likeness (QED) is 0.797. The molecule has 0 spiro atoms. The zero-order valence-electron chi connectivity index (χ0n) is 12.7. The lowest BCUT2D eigenvalue weighted by atomic mass is 10.1. The fourth-order valence-electron chi connectivity index (χ4n) is 2.69. The van der Waals surface area contributed by atoms with E-state index in [4.69, 9.17) is 10.00 Å². The highest BCUT2D eigenvalue weighted by Gasteiger charge is 2.32. The third kappa shape index (κ3) is 3.41. The maximum Gasteiger partial charge on any atom is 0.268 e. The van der Waals surface area contributed by atoms with E-state index in [0.29, 0.717) is 35.2 Å². The SMILES string of the molecule is N#Cc1cccc(OC2CCCN(c3ccc(Br)cc3F)C2=O)c1. The summed E-state index contributed by atoms with van der Waals surface area (Å²) in [7, 11) is 0. The van der Waals surface area contributed by atoms with Crippen LogP contribution in [0.2, 0.25) is 0 Å². The molecule has 3 rings (SSSR count). The van der Waals surface area contributed by atoms with Gasteiger partial charge in [0, 0.05) is 11.0 Å². The second-order valence-corrected chi connectivity index (χ2v) is 6.39. The molecule has 1 aliphatic rings. The fraction of sp³-hybridized carbons (Fsp3) is 0.222. The summed E-state index contributed by atoms with van der Waals surface area (Å²) in [5.74, 6) is -0.264. The molecule has 0 saturated carbocycles. The Bertz CT molecular complexity index is 819. The van der Waals surface area contributed by atoms with Gasteiger partial charge >= 0.3 is 0 Å². The Morgan fingerprint density at radius 1 is 1.29 bits per heavy atom. The van der Waals surface area contributed by atoms with Gasteiger partial charge in [0.05, 0.1) is 17.3 Å². The standard InChI is InChI=1S/C18H14BrFN2O2/c19-13-6-7-16(15(20)10-13)22-8-2-5-17(18(22)23)24-14-4-1-3-12(9-14)11-21/h1,3-4,6-7,9-10,17H,2,5,8H2. The van der Waals surface area contributed by atoms with Gasteiger partial charge in [0.25, 0.3) is 5.91 Å². The number of piperidine rings is 1. The van der Waals surface area contributed by atoms with Crippen molar-refractivity contribution in [1.29, 1.82) is 5.26 Å². The van der Waals surface area contributed by atoms with Crippen LogP contribution < -0.4 is 9.64 Å². The summed E-state index contributed by atoms with van der Waals surface area (Å²) < 4.78 is 20.5. The number of nitriles is 1. The molecule has 0 N–H and O–H groups in total. The highest BCUT2D eigenvalue weighted by molar-refractivity contribution is 9.10. The van der Waals surface area contributed by atoms with E-state index in [0.717, 1.165) is 0 Å². The van der Waals surface area contributed by atoms with Crippen LogP contribution in [0.25, 0.3) is 0 Å². The van der Waals surface area contributed by atoms with Crippen LogP contribution in [0.4, 0.5) is 10.1 Å². The smallest absolute Gasteiger partial charge is 0.268 e. The van der Waals surface area contributed by atoms with Gasteiger partial charge in [0.1, 0.15) is 11.6 Å². The number of hydrogen-bond donors (Lipinski definition) is 0. The van der Waals surface area contributed by atoms with Crippen LogP contribution in [0.3, 0.4) is 0 Å². The molecule has 0 aromatic heterocycles. The van der Waals surface area contributed by atoms with Gasteiger partial charge in [0.2, 0.25) is 0 Å². The molecule has 1 saturated heterocycles. The maximum absolute atomic E-state index is 14.2. The van der Waals surface area contributed by atoms with Gasteiger partial charge in [-0.05, 0) is 49.2 Å². The lowest BCUT2D eigenvalue weighted by Crippen LogP contribution is -2.47. The number of benzene rings is 2. The zero-order valence-corrected chi connectivity index (χ0v) is 14.3. The Labute approximate surface area is 147 Å². The van der Waals surface area contributed by atoms with Crippen LogP contribution in [-0.2, 0) is 4.79 Å². The number of nitrogens with zero attached hydrogens (tertiary/aromatic N) is 2. The summed E-state index contributed by atoms with van der Waals surface area (Å²) in [6.45, 7) is 0.454. The van der Waals surface area contributed by atoms with Crippen LogP contribution in [0, 0.1) is 17.1 Å². The Morgan fingerprint density at radius 2 is 2.12 bits per heavy atom. The van der Waals surface area contributed by atoms with Crippen LogP contribution in [0.15, 0.2) is 46.9 Å². The molecule has 2 aromatic carbocycles. The molecule has 0 aliphatic carbocycles. The number of rotatable bonds is 3. The first-order valence-corrected chi connectivity index (χ1v) is 8.31. The van der Waals surface area contributed by atoms with Crippen LogP contribution in [0.1, 0.15) is 18.4 Å². The number of halogens is 2. The van der Waals surface area contributed by atoms with Gasteiger partial charge in [-0.2, -0.15) is 5.26 Å². The first-order chi connectivity index (χ1) is 11.6. The van der Waals surface area contributed by atoms with Crippen molar-refractivity contribution in [1.82, 2.24) is 0 Å². The van der Waals surface area contributed by atoms with Crippen molar-refractivity contribution in [2.45, 2.75) is 18.9 Å². The first-order valence-electron chi connectivity index (χ1n) is 7.52. The molecule has 1 fully saturated rings. The minimum absolute atomic E-state index is 0.252.